The number of hydrogen-bond donors (Lipinski definition) is 2. The molecule has 18 heavy (non-hydrogen) atoms. The molecule has 1 aromatic carbocycles. The third-order valence-electron chi connectivity index (χ3n) is 2.50. The smallest absolute Gasteiger partial charge is 0.220 e. The van der Waals surface area contributed by atoms with Crippen LogP contribution in [0.5, 0.6) is 0 Å². The number of benzene rings is 1. The summed E-state index contributed by atoms with van der Waals surface area (Å²) in [6.07, 6.45) is 0. The zero-order valence-corrected chi connectivity index (χ0v) is 13.2. The molecule has 0 atom stereocenters. The van der Waals surface area contributed by atoms with Crippen LogP contribution in [0.2, 0.25) is 0 Å². The van der Waals surface area contributed by atoms with Gasteiger partial charge in [0.25, 0.3) is 0 Å². The summed E-state index contributed by atoms with van der Waals surface area (Å²) < 4.78 is 1.89. The first-order chi connectivity index (χ1) is 8.29. The summed E-state index contributed by atoms with van der Waals surface area (Å²) in [4.78, 5) is 10.1. The van der Waals surface area contributed by atoms with Crippen LogP contribution in [0, 0.1) is 0 Å². The van der Waals surface area contributed by atoms with Crippen LogP contribution in [-0.2, 0) is 0 Å². The van der Waals surface area contributed by atoms with Gasteiger partial charge in [0.15, 0.2) is 0 Å². The van der Waals surface area contributed by atoms with Crippen LogP contribution in [0.25, 0.3) is 0 Å². The Kier molecular flexibility index (Phi) is 3.37. The van der Waals surface area contributed by atoms with Crippen molar-refractivity contribution in [2.24, 2.45) is 21.5 Å². The molecule has 0 amide bonds. The van der Waals surface area contributed by atoms with Crippen molar-refractivity contribution in [3.63, 3.8) is 0 Å². The molecule has 0 unspecified atom stereocenters. The largest absolute Gasteiger partial charge is 0.369 e. The standard InChI is InChI=1S/C11H13Br2N5/c1-11(2)17-9(14)16-10(15)18(11)8-4-6(12)3-7(13)5-8/h3-5H,1-2H3,(H4,14,15,16,17). The van der Waals surface area contributed by atoms with Gasteiger partial charge in [0.05, 0.1) is 0 Å². The van der Waals surface area contributed by atoms with E-state index in [-0.39, 0.29) is 5.96 Å². The average Bonchev–Trinajstić information content (AvgIpc) is 2.11. The van der Waals surface area contributed by atoms with Crippen molar-refractivity contribution in [2.75, 3.05) is 4.90 Å². The van der Waals surface area contributed by atoms with Gasteiger partial charge in [-0.1, -0.05) is 31.9 Å². The van der Waals surface area contributed by atoms with Gasteiger partial charge in [0.2, 0.25) is 11.9 Å². The van der Waals surface area contributed by atoms with Crippen molar-refractivity contribution in [3.8, 4) is 0 Å². The van der Waals surface area contributed by atoms with E-state index in [2.05, 4.69) is 41.8 Å². The van der Waals surface area contributed by atoms with Gasteiger partial charge in [-0.3, -0.25) is 4.90 Å². The Hall–Kier alpha value is -1.08. The second-order valence-corrected chi connectivity index (χ2v) is 6.23. The first-order valence-corrected chi connectivity index (χ1v) is 6.84. The zero-order valence-electron chi connectivity index (χ0n) is 9.98. The Morgan fingerprint density at radius 1 is 1.11 bits per heavy atom. The lowest BCUT2D eigenvalue weighted by Gasteiger charge is -2.38. The number of rotatable bonds is 1. The average molecular weight is 375 g/mol. The van der Waals surface area contributed by atoms with E-state index in [4.69, 9.17) is 11.5 Å². The molecule has 5 nitrogen and oxygen atoms in total. The zero-order chi connectivity index (χ0) is 13.5. The maximum Gasteiger partial charge on any atom is 0.220 e. The summed E-state index contributed by atoms with van der Waals surface area (Å²) >= 11 is 6.90. The molecule has 0 saturated carbocycles. The minimum absolute atomic E-state index is 0.197. The van der Waals surface area contributed by atoms with Crippen molar-refractivity contribution < 1.29 is 0 Å². The van der Waals surface area contributed by atoms with Gasteiger partial charge in [0.1, 0.15) is 5.66 Å². The number of nitrogens with zero attached hydrogens (tertiary/aromatic N) is 3. The van der Waals surface area contributed by atoms with Crippen molar-refractivity contribution in [3.05, 3.63) is 27.1 Å². The van der Waals surface area contributed by atoms with E-state index in [1.807, 2.05) is 36.9 Å². The molecule has 0 bridgehead atoms. The molecule has 1 heterocycles. The summed E-state index contributed by atoms with van der Waals surface area (Å²) in [7, 11) is 0. The topological polar surface area (TPSA) is 80.0 Å². The molecule has 1 aliphatic rings. The number of aliphatic imine (C=N–C) groups is 2. The van der Waals surface area contributed by atoms with Crippen LogP contribution in [0.15, 0.2) is 37.1 Å². The first-order valence-electron chi connectivity index (χ1n) is 5.25. The third kappa shape index (κ3) is 2.51. The van der Waals surface area contributed by atoms with Crippen LogP contribution in [0.3, 0.4) is 0 Å². The van der Waals surface area contributed by atoms with Crippen LogP contribution in [0.4, 0.5) is 5.69 Å². The molecular formula is C11H13Br2N5. The van der Waals surface area contributed by atoms with Gasteiger partial charge in [0, 0.05) is 14.6 Å². The van der Waals surface area contributed by atoms with Crippen molar-refractivity contribution in [2.45, 2.75) is 19.5 Å². The molecule has 0 saturated heterocycles. The number of nitrogens with two attached hydrogens (primary N) is 2. The van der Waals surface area contributed by atoms with Crippen LogP contribution >= 0.6 is 31.9 Å². The third-order valence-corrected chi connectivity index (χ3v) is 3.41. The van der Waals surface area contributed by atoms with Gasteiger partial charge >= 0.3 is 0 Å². The molecule has 0 aromatic heterocycles. The van der Waals surface area contributed by atoms with Gasteiger partial charge in [-0.15, -0.1) is 0 Å². The number of halogens is 2. The van der Waals surface area contributed by atoms with E-state index in [0.717, 1.165) is 14.6 Å². The van der Waals surface area contributed by atoms with Crippen LogP contribution < -0.4 is 16.4 Å². The van der Waals surface area contributed by atoms with E-state index < -0.39 is 5.66 Å². The molecule has 96 valence electrons. The van der Waals surface area contributed by atoms with Crippen molar-refractivity contribution in [1.82, 2.24) is 0 Å². The molecule has 4 N–H and O–H groups in total. The SMILES string of the molecule is CC1(C)N=C(N)N=C(N)N1c1cc(Br)cc(Br)c1. The molecule has 0 aliphatic carbocycles. The van der Waals surface area contributed by atoms with Crippen molar-refractivity contribution >= 4 is 49.5 Å². The normalized spacial score (nSPS) is 18.3. The minimum Gasteiger partial charge on any atom is -0.369 e. The molecule has 1 aromatic rings. The maximum absolute atomic E-state index is 5.96. The fraction of sp³-hybridized carbons (Fsp3) is 0.273. The molecule has 2 rings (SSSR count). The van der Waals surface area contributed by atoms with Gasteiger partial charge < -0.3 is 11.5 Å². The van der Waals surface area contributed by atoms with E-state index in [1.54, 1.807) is 0 Å². The highest BCUT2D eigenvalue weighted by molar-refractivity contribution is 9.11. The second kappa shape index (κ2) is 4.55. The highest BCUT2D eigenvalue weighted by Crippen LogP contribution is 2.32. The highest BCUT2D eigenvalue weighted by Gasteiger charge is 2.33. The Balaban J connectivity index is 2.53. The van der Waals surface area contributed by atoms with Gasteiger partial charge in [-0.25, -0.2) is 4.99 Å². The maximum atomic E-state index is 5.96. The fourth-order valence-corrected chi connectivity index (χ4v) is 3.19. The lowest BCUT2D eigenvalue weighted by Crippen LogP contribution is -2.54. The Morgan fingerprint density at radius 2 is 1.67 bits per heavy atom. The Labute approximate surface area is 122 Å². The monoisotopic (exact) mass is 373 g/mol. The van der Waals surface area contributed by atoms with E-state index >= 15 is 0 Å². The van der Waals surface area contributed by atoms with Crippen LogP contribution in [0.1, 0.15) is 13.8 Å². The molecule has 0 fully saturated rings. The molecule has 7 heteroatoms. The molecule has 1 aliphatic heterocycles. The van der Waals surface area contributed by atoms with Gasteiger partial charge in [-0.2, -0.15) is 4.99 Å². The predicted molar refractivity (Wildman–Crippen MR) is 81.6 cm³/mol. The van der Waals surface area contributed by atoms with E-state index in [1.165, 1.54) is 0 Å². The lowest BCUT2D eigenvalue weighted by atomic mass is 10.1. The summed E-state index contributed by atoms with van der Waals surface area (Å²) in [5, 5.41) is 0. The summed E-state index contributed by atoms with van der Waals surface area (Å²) in [6, 6.07) is 5.85. The Bertz CT molecular complexity index is 530. The lowest BCUT2D eigenvalue weighted by molar-refractivity contribution is 0.534. The molecule has 0 radical (unpaired) electrons. The molecular weight excluding hydrogens is 362 g/mol. The van der Waals surface area contributed by atoms with Crippen molar-refractivity contribution in [1.29, 1.82) is 0 Å². The van der Waals surface area contributed by atoms with Gasteiger partial charge in [-0.05, 0) is 32.0 Å². The predicted octanol–water partition coefficient (Wildman–Crippen LogP) is 2.40. The number of guanidine groups is 2. The van der Waals surface area contributed by atoms with Crippen LogP contribution in [-0.4, -0.2) is 17.6 Å². The minimum atomic E-state index is -0.573. The number of anilines is 1. The number of hydrogen-bond acceptors (Lipinski definition) is 5. The summed E-state index contributed by atoms with van der Waals surface area (Å²) in [6.45, 7) is 3.85. The summed E-state index contributed by atoms with van der Waals surface area (Å²) in [5.41, 5.74) is 11.9. The van der Waals surface area contributed by atoms with E-state index in [0.29, 0.717) is 5.96 Å². The van der Waals surface area contributed by atoms with E-state index in [9.17, 15) is 0 Å². The highest BCUT2D eigenvalue weighted by atomic mass is 79.9. The first kappa shape index (κ1) is 13.4. The molecule has 0 spiro atoms. The second-order valence-electron chi connectivity index (χ2n) is 4.40. The fourth-order valence-electron chi connectivity index (χ4n) is 1.92. The quantitative estimate of drug-likeness (QED) is 0.791. The summed E-state index contributed by atoms with van der Waals surface area (Å²) in [5.74, 6) is 0.528. The Morgan fingerprint density at radius 3 is 2.17 bits per heavy atom.